The molecule has 3 saturated heterocycles. The first kappa shape index (κ1) is 89.9. The molecular weight excluding hydrogens is 1310 g/mol. The van der Waals surface area contributed by atoms with Crippen LogP contribution >= 0.6 is 0 Å². The molecule has 30 heteroatoms. The fourth-order valence-electron chi connectivity index (χ4n) is 11.4. The van der Waals surface area contributed by atoms with E-state index in [4.69, 9.17) is 91.0 Å². The van der Waals surface area contributed by atoms with Crippen LogP contribution in [0.1, 0.15) is 128 Å². The third kappa shape index (κ3) is 38.4. The Morgan fingerprint density at radius 1 is 0.330 bits per heavy atom. The van der Waals surface area contributed by atoms with Gasteiger partial charge in [0.25, 0.3) is 0 Å². The number of nitrogens with two attached hydrogens (primary N) is 1. The van der Waals surface area contributed by atoms with Crippen LogP contribution in [0.3, 0.4) is 0 Å². The second-order valence-electron chi connectivity index (χ2n) is 26.4. The average Bonchev–Trinajstić information content (AvgIpc) is 0.840. The zero-order valence-corrected chi connectivity index (χ0v) is 62.2. The summed E-state index contributed by atoms with van der Waals surface area (Å²) in [5, 5.41) is 11.5. The Kier molecular flexibility index (Phi) is 48.0. The molecule has 3 rings (SSSR count). The van der Waals surface area contributed by atoms with Gasteiger partial charge in [0.15, 0.2) is 18.9 Å². The van der Waals surface area contributed by atoms with Crippen molar-refractivity contribution in [3.8, 4) is 0 Å². The number of ether oxygens (including phenoxy) is 18. The second kappa shape index (κ2) is 53.4. The molecule has 15 atom stereocenters. The number of esters is 3. The van der Waals surface area contributed by atoms with Gasteiger partial charge in [-0.2, -0.15) is 0 Å². The van der Waals surface area contributed by atoms with Crippen molar-refractivity contribution in [2.45, 2.75) is 171 Å². The molecule has 0 aromatic carbocycles. The molecule has 3 heterocycles. The highest BCUT2D eigenvalue weighted by atomic mass is 16.7. The number of nitrogens with one attached hydrogen (secondary N) is 4. The molecule has 0 spiro atoms. The maximum absolute atomic E-state index is 13.6. The van der Waals surface area contributed by atoms with Crippen LogP contribution in [0.4, 0.5) is 0 Å². The third-order valence-corrected chi connectivity index (χ3v) is 18.7. The van der Waals surface area contributed by atoms with Crippen LogP contribution < -0.4 is 27.0 Å². The van der Waals surface area contributed by atoms with E-state index in [1.54, 1.807) is 0 Å². The Labute approximate surface area is 594 Å². The molecule has 3 fully saturated rings. The molecule has 4 amide bonds. The molecule has 6 N–H and O–H groups in total. The first-order valence-corrected chi connectivity index (χ1v) is 36.2. The van der Waals surface area contributed by atoms with Gasteiger partial charge in [0.05, 0.1) is 157 Å². The Bertz CT molecular complexity index is 2030. The molecule has 0 aliphatic carbocycles. The van der Waals surface area contributed by atoms with Crippen molar-refractivity contribution < 1.29 is 119 Å². The molecule has 0 bridgehead atoms. The van der Waals surface area contributed by atoms with Gasteiger partial charge in [-0.15, -0.1) is 0 Å². The fraction of sp³-hybridized carbons (Fsp3) is 0.900. The standard InChI is InChI=1S/C70H127N5O25/c1-48-51(4)60(42-95-57(10)76)98-67(54(48)7)92-39-36-86-33-30-83-27-21-72-63(79)17-24-89-45-70(75-66(82)16-14-13-15-20-71,46-90-25-18-64(80)73-22-28-84-31-34-87-37-40-93-68-55(8)49(2)52(5)61(99-68)43-96-58(11)77)47-91-26-19-65(81)74-23-29-85-32-35-88-38-41-94-69-56(9)50(3)53(6)62(100-69)44-97-59(12)78/h48-56,60-62,67-69H,13-47,71H2,1-12H3,(H,72,79)(H,73,80)(H,74,81)(H,75,82). The van der Waals surface area contributed by atoms with E-state index in [1.165, 1.54) is 20.8 Å². The van der Waals surface area contributed by atoms with Gasteiger partial charge in [-0.05, 0) is 54.9 Å². The van der Waals surface area contributed by atoms with Crippen LogP contribution in [0.25, 0.3) is 0 Å². The van der Waals surface area contributed by atoms with E-state index in [-0.39, 0.29) is 220 Å². The molecule has 0 saturated carbocycles. The summed E-state index contributed by atoms with van der Waals surface area (Å²) in [5.74, 6) is -0.324. The fourth-order valence-corrected chi connectivity index (χ4v) is 11.4. The topological polar surface area (TPSA) is 360 Å². The van der Waals surface area contributed by atoms with Crippen LogP contribution in [0.5, 0.6) is 0 Å². The zero-order chi connectivity index (χ0) is 73.5. The number of amides is 4. The van der Waals surface area contributed by atoms with Crippen molar-refractivity contribution in [3.63, 3.8) is 0 Å². The number of unbranched alkanes of at least 4 members (excludes halogenated alkanes) is 2. The Morgan fingerprint density at radius 3 is 0.910 bits per heavy atom. The highest BCUT2D eigenvalue weighted by molar-refractivity contribution is 5.77. The quantitative estimate of drug-likeness (QED) is 0.0329. The maximum atomic E-state index is 13.6. The SMILES string of the molecule is CC(=O)OCC1OC(OCCOCCOCCNC(=O)CCOCC(COCCC(=O)NCCOCCOCCOC2OC(COC(C)=O)C(C)C(C)C2C)(COCCC(=O)NCCOCCOCCOC2OC(COC(C)=O)C(C)C(C)C2C)NC(=O)CCCCCN)C(C)C(C)C1C. The Morgan fingerprint density at radius 2 is 0.620 bits per heavy atom. The van der Waals surface area contributed by atoms with Gasteiger partial charge in [-0.3, -0.25) is 33.6 Å². The molecule has 0 aromatic heterocycles. The first-order valence-electron chi connectivity index (χ1n) is 36.2. The number of carbonyl (C=O) groups excluding carboxylic acids is 7. The number of hydrogen-bond acceptors (Lipinski definition) is 26. The normalized spacial score (nSPS) is 25.9. The smallest absolute Gasteiger partial charge is 0.302 e. The molecule has 30 nitrogen and oxygen atoms in total. The minimum Gasteiger partial charge on any atom is -0.463 e. The van der Waals surface area contributed by atoms with Gasteiger partial charge < -0.3 is 112 Å². The van der Waals surface area contributed by atoms with Crippen LogP contribution in [0, 0.1) is 53.3 Å². The lowest BCUT2D eigenvalue weighted by Crippen LogP contribution is -2.58. The highest BCUT2D eigenvalue weighted by Crippen LogP contribution is 2.38. The number of rotatable bonds is 57. The molecule has 0 aromatic rings. The summed E-state index contributed by atoms with van der Waals surface area (Å²) in [5.41, 5.74) is 4.43. The summed E-state index contributed by atoms with van der Waals surface area (Å²) in [4.78, 5) is 86.6. The lowest BCUT2D eigenvalue weighted by atomic mass is 9.79. The second-order valence-corrected chi connectivity index (χ2v) is 26.4. The van der Waals surface area contributed by atoms with E-state index >= 15 is 0 Å². The summed E-state index contributed by atoms with van der Waals surface area (Å²) in [6.45, 7) is 28.8. The Hall–Kier alpha value is -4.35. The lowest BCUT2D eigenvalue weighted by Gasteiger charge is -2.43. The molecule has 3 aliphatic heterocycles. The van der Waals surface area contributed by atoms with Crippen LogP contribution in [-0.4, -0.2) is 269 Å². The van der Waals surface area contributed by atoms with Gasteiger partial charge in [0.2, 0.25) is 23.6 Å². The highest BCUT2D eigenvalue weighted by Gasteiger charge is 2.43. The predicted octanol–water partition coefficient (Wildman–Crippen LogP) is 3.67. The van der Waals surface area contributed by atoms with Crippen molar-refractivity contribution >= 4 is 41.5 Å². The monoisotopic (exact) mass is 1440 g/mol. The average molecular weight is 1440 g/mol. The van der Waals surface area contributed by atoms with Crippen LogP contribution in [-0.2, 0) is 119 Å². The first-order chi connectivity index (χ1) is 48.0. The summed E-state index contributed by atoms with van der Waals surface area (Å²) in [7, 11) is 0. The van der Waals surface area contributed by atoms with Crippen molar-refractivity contribution in [3.05, 3.63) is 0 Å². The minimum atomic E-state index is -1.29. The van der Waals surface area contributed by atoms with E-state index in [9.17, 15) is 33.6 Å². The third-order valence-electron chi connectivity index (χ3n) is 18.7. The maximum Gasteiger partial charge on any atom is 0.302 e. The summed E-state index contributed by atoms with van der Waals surface area (Å²) >= 11 is 0. The molecule has 15 unspecified atom stereocenters. The Balaban J connectivity index is 1.44. The van der Waals surface area contributed by atoms with E-state index in [0.29, 0.717) is 110 Å². The molecule has 100 heavy (non-hydrogen) atoms. The van der Waals surface area contributed by atoms with E-state index < -0.39 is 24.4 Å². The van der Waals surface area contributed by atoms with Gasteiger partial charge in [0.1, 0.15) is 25.4 Å². The van der Waals surface area contributed by atoms with E-state index in [1.807, 2.05) is 0 Å². The largest absolute Gasteiger partial charge is 0.463 e. The van der Waals surface area contributed by atoms with E-state index in [2.05, 4.69) is 83.6 Å². The summed E-state index contributed by atoms with van der Waals surface area (Å²) < 4.78 is 104. The molecule has 0 radical (unpaired) electrons. The van der Waals surface area contributed by atoms with Gasteiger partial charge in [0, 0.05) is 83.8 Å². The molecule has 582 valence electrons. The van der Waals surface area contributed by atoms with Crippen molar-refractivity contribution in [2.24, 2.45) is 59.0 Å². The zero-order valence-electron chi connectivity index (χ0n) is 62.2. The minimum absolute atomic E-state index is 0.00857. The molecular formula is C70H127N5O25. The van der Waals surface area contributed by atoms with Crippen molar-refractivity contribution in [1.82, 2.24) is 21.3 Å². The van der Waals surface area contributed by atoms with Crippen molar-refractivity contribution in [2.75, 3.05) is 185 Å². The lowest BCUT2D eigenvalue weighted by molar-refractivity contribution is -0.258. The molecule has 3 aliphatic rings. The van der Waals surface area contributed by atoms with Crippen LogP contribution in [0.15, 0.2) is 0 Å². The van der Waals surface area contributed by atoms with Crippen LogP contribution in [0.2, 0.25) is 0 Å². The van der Waals surface area contributed by atoms with Crippen molar-refractivity contribution in [1.29, 1.82) is 0 Å². The number of carbonyl (C=O) groups is 7. The van der Waals surface area contributed by atoms with E-state index in [0.717, 1.165) is 12.8 Å². The summed E-state index contributed by atoms with van der Waals surface area (Å²) in [6, 6.07) is 0. The predicted molar refractivity (Wildman–Crippen MR) is 365 cm³/mol. The van der Waals surface area contributed by atoms with Gasteiger partial charge >= 0.3 is 17.9 Å². The summed E-state index contributed by atoms with van der Waals surface area (Å²) in [6.07, 6.45) is 0.103. The number of hydrogen-bond donors (Lipinski definition) is 5. The van der Waals surface area contributed by atoms with Gasteiger partial charge in [-0.1, -0.05) is 68.7 Å². The van der Waals surface area contributed by atoms with Gasteiger partial charge in [-0.25, -0.2) is 0 Å².